The molecule has 2 heterocycles. The van der Waals surface area contributed by atoms with Gasteiger partial charge in [-0.2, -0.15) is 0 Å². The van der Waals surface area contributed by atoms with Gasteiger partial charge in [0.1, 0.15) is 21.3 Å². The summed E-state index contributed by atoms with van der Waals surface area (Å²) >= 11 is 1.13. The van der Waals surface area contributed by atoms with Gasteiger partial charge in [-0.05, 0) is 30.2 Å². The van der Waals surface area contributed by atoms with Crippen LogP contribution in [0.1, 0.15) is 26.6 Å². The molecule has 1 N–H and O–H groups in total. The number of fused-ring (bicyclic) bond motifs is 1. The highest BCUT2D eigenvalue weighted by atomic mass is 32.1. The van der Waals surface area contributed by atoms with E-state index in [1.807, 2.05) is 0 Å². The van der Waals surface area contributed by atoms with Gasteiger partial charge < -0.3 is 9.72 Å². The largest absolute Gasteiger partial charge is 0.465 e. The normalized spacial score (nSPS) is 10.9. The molecule has 1 aromatic carbocycles. The highest BCUT2D eigenvalue weighted by molar-refractivity contribution is 7.20. The molecule has 23 heavy (non-hydrogen) atoms. The Kier molecular flexibility index (Phi) is 3.96. The first-order valence-electron chi connectivity index (χ1n) is 6.84. The second-order valence-electron chi connectivity index (χ2n) is 5.04. The zero-order chi connectivity index (χ0) is 16.6. The number of hydrogen-bond donors (Lipinski definition) is 1. The summed E-state index contributed by atoms with van der Waals surface area (Å²) in [5, 5.41) is 0.401. The monoisotopic (exact) mass is 332 g/mol. The lowest BCUT2D eigenvalue weighted by Crippen LogP contribution is -2.12. The quantitative estimate of drug-likeness (QED) is 0.749. The zero-order valence-corrected chi connectivity index (χ0v) is 13.3. The molecule has 0 spiro atoms. The van der Waals surface area contributed by atoms with E-state index >= 15 is 0 Å². The molecular formula is C16H13FN2O3S. The number of nitrogens with one attached hydrogen (secondary N) is 1. The molecule has 118 valence electrons. The van der Waals surface area contributed by atoms with Crippen LogP contribution in [-0.4, -0.2) is 23.0 Å². The Hall–Kier alpha value is -2.54. The molecule has 0 radical (unpaired) electrons. The van der Waals surface area contributed by atoms with Crippen molar-refractivity contribution in [2.24, 2.45) is 0 Å². The van der Waals surface area contributed by atoms with Crippen LogP contribution in [0.15, 0.2) is 29.1 Å². The summed E-state index contributed by atoms with van der Waals surface area (Å²) < 4.78 is 17.7. The number of aryl methyl sites for hydroxylation is 1. The van der Waals surface area contributed by atoms with Crippen molar-refractivity contribution in [3.05, 3.63) is 62.3 Å². The molecule has 5 nitrogen and oxygen atoms in total. The molecule has 0 saturated carbocycles. The van der Waals surface area contributed by atoms with Crippen molar-refractivity contribution in [2.75, 3.05) is 7.11 Å². The molecule has 0 unspecified atom stereocenters. The van der Waals surface area contributed by atoms with Crippen molar-refractivity contribution < 1.29 is 13.9 Å². The first-order valence-corrected chi connectivity index (χ1v) is 7.66. The van der Waals surface area contributed by atoms with Crippen LogP contribution in [0.3, 0.4) is 0 Å². The zero-order valence-electron chi connectivity index (χ0n) is 12.5. The number of ether oxygens (including phenoxy) is 1. The number of carbonyl (C=O) groups excluding carboxylic acids is 1. The minimum Gasteiger partial charge on any atom is -0.465 e. The maximum Gasteiger partial charge on any atom is 0.348 e. The average molecular weight is 332 g/mol. The van der Waals surface area contributed by atoms with Crippen molar-refractivity contribution >= 4 is 27.5 Å². The molecule has 0 amide bonds. The number of nitrogens with zero attached hydrogens (tertiary/aromatic N) is 1. The van der Waals surface area contributed by atoms with E-state index in [1.54, 1.807) is 19.1 Å². The van der Waals surface area contributed by atoms with Crippen LogP contribution in [0.4, 0.5) is 4.39 Å². The second-order valence-corrected chi connectivity index (χ2v) is 6.04. The fraction of sp³-hybridized carbons (Fsp3) is 0.188. The third-order valence-corrected chi connectivity index (χ3v) is 4.67. The lowest BCUT2D eigenvalue weighted by atomic mass is 10.1. The number of halogens is 1. The number of H-pyrrole nitrogens is 1. The van der Waals surface area contributed by atoms with E-state index in [4.69, 9.17) is 4.74 Å². The van der Waals surface area contributed by atoms with Crippen LogP contribution in [0.2, 0.25) is 0 Å². The Morgan fingerprint density at radius 1 is 1.35 bits per heavy atom. The molecule has 0 aliphatic heterocycles. The topological polar surface area (TPSA) is 72.0 Å². The van der Waals surface area contributed by atoms with Crippen molar-refractivity contribution in [3.8, 4) is 0 Å². The van der Waals surface area contributed by atoms with Crippen molar-refractivity contribution in [1.82, 2.24) is 9.97 Å². The third kappa shape index (κ3) is 2.87. The van der Waals surface area contributed by atoms with Gasteiger partial charge in [-0.15, -0.1) is 11.3 Å². The highest BCUT2D eigenvalue weighted by Gasteiger charge is 2.19. The number of rotatable bonds is 3. The Labute approximate surface area is 134 Å². The fourth-order valence-electron chi connectivity index (χ4n) is 2.36. The number of aromatic nitrogens is 2. The molecular weight excluding hydrogens is 319 g/mol. The Morgan fingerprint density at radius 3 is 2.70 bits per heavy atom. The van der Waals surface area contributed by atoms with E-state index in [9.17, 15) is 14.0 Å². The summed E-state index contributed by atoms with van der Waals surface area (Å²) in [5.74, 6) is -0.334. The van der Waals surface area contributed by atoms with Crippen molar-refractivity contribution in [3.63, 3.8) is 0 Å². The summed E-state index contributed by atoms with van der Waals surface area (Å²) in [6, 6.07) is 5.99. The van der Waals surface area contributed by atoms with Crippen molar-refractivity contribution in [1.29, 1.82) is 0 Å². The smallest absolute Gasteiger partial charge is 0.348 e. The molecule has 0 fully saturated rings. The first-order chi connectivity index (χ1) is 11.0. The molecule has 0 saturated heterocycles. The van der Waals surface area contributed by atoms with Gasteiger partial charge in [0, 0.05) is 6.42 Å². The summed E-state index contributed by atoms with van der Waals surface area (Å²) in [6.07, 6.45) is 0.371. The fourth-order valence-corrected chi connectivity index (χ4v) is 3.47. The van der Waals surface area contributed by atoms with Crippen molar-refractivity contribution in [2.45, 2.75) is 13.3 Å². The van der Waals surface area contributed by atoms with Crippen LogP contribution in [-0.2, 0) is 11.2 Å². The van der Waals surface area contributed by atoms with Crippen LogP contribution >= 0.6 is 11.3 Å². The predicted molar refractivity (Wildman–Crippen MR) is 85.5 cm³/mol. The molecule has 2 aromatic heterocycles. The number of thiophene rings is 1. The second kappa shape index (κ2) is 5.92. The first kappa shape index (κ1) is 15.4. The maximum absolute atomic E-state index is 12.9. The summed E-state index contributed by atoms with van der Waals surface area (Å²) in [5.41, 5.74) is 1.10. The Bertz CT molecular complexity index is 944. The van der Waals surface area contributed by atoms with Gasteiger partial charge in [-0.1, -0.05) is 12.1 Å². The highest BCUT2D eigenvalue weighted by Crippen LogP contribution is 2.27. The minimum atomic E-state index is -0.481. The van der Waals surface area contributed by atoms with Gasteiger partial charge in [0.15, 0.2) is 0 Å². The lowest BCUT2D eigenvalue weighted by molar-refractivity contribution is 0.0605. The van der Waals surface area contributed by atoms with E-state index in [-0.39, 0.29) is 11.4 Å². The summed E-state index contributed by atoms with van der Waals surface area (Å²) in [4.78, 5) is 32.0. The Balaban J connectivity index is 2.05. The number of esters is 1. The van der Waals surface area contributed by atoms with Gasteiger partial charge in [-0.25, -0.2) is 14.2 Å². The van der Waals surface area contributed by atoms with E-state index in [2.05, 4.69) is 9.97 Å². The van der Waals surface area contributed by atoms with E-state index < -0.39 is 5.97 Å². The SMILES string of the molecule is COC(=O)c1sc2nc(Cc3ccc(F)cc3)[nH]c(=O)c2c1C. The molecule has 0 aliphatic rings. The van der Waals surface area contributed by atoms with Crippen LogP contribution < -0.4 is 5.56 Å². The molecule has 3 rings (SSSR count). The standard InChI is InChI=1S/C16H13FN2O3S/c1-8-12-14(20)18-11(7-9-3-5-10(17)6-4-9)19-15(12)23-13(8)16(21)22-2/h3-6H,7H2,1-2H3,(H,18,19,20). The van der Waals surface area contributed by atoms with Crippen LogP contribution in [0.5, 0.6) is 0 Å². The van der Waals surface area contributed by atoms with Gasteiger partial charge in [0.25, 0.3) is 5.56 Å². The lowest BCUT2D eigenvalue weighted by Gasteiger charge is -2.01. The van der Waals surface area contributed by atoms with Gasteiger partial charge >= 0.3 is 5.97 Å². The number of aromatic amines is 1. The number of hydrogen-bond acceptors (Lipinski definition) is 5. The van der Waals surface area contributed by atoms with Gasteiger partial charge in [0.2, 0.25) is 0 Å². The molecule has 0 bridgehead atoms. The molecule has 7 heteroatoms. The van der Waals surface area contributed by atoms with Gasteiger partial charge in [-0.3, -0.25) is 4.79 Å². The van der Waals surface area contributed by atoms with Gasteiger partial charge in [0.05, 0.1) is 12.5 Å². The number of benzene rings is 1. The van der Waals surface area contributed by atoms with E-state index in [0.717, 1.165) is 16.9 Å². The predicted octanol–water partition coefficient (Wildman–Crippen LogP) is 2.81. The maximum atomic E-state index is 12.9. The summed E-state index contributed by atoms with van der Waals surface area (Å²) in [7, 11) is 1.30. The van der Waals surface area contributed by atoms with E-state index in [0.29, 0.717) is 32.9 Å². The number of carbonyl (C=O) groups is 1. The number of methoxy groups -OCH3 is 1. The minimum absolute atomic E-state index is 0.295. The Morgan fingerprint density at radius 2 is 2.04 bits per heavy atom. The van der Waals surface area contributed by atoms with Crippen LogP contribution in [0, 0.1) is 12.7 Å². The summed E-state index contributed by atoms with van der Waals surface area (Å²) in [6.45, 7) is 1.70. The van der Waals surface area contributed by atoms with Crippen LogP contribution in [0.25, 0.3) is 10.2 Å². The third-order valence-electron chi connectivity index (χ3n) is 3.51. The molecule has 3 aromatic rings. The average Bonchev–Trinajstić information content (AvgIpc) is 2.86. The molecule has 0 atom stereocenters. The molecule has 0 aliphatic carbocycles. The van der Waals surface area contributed by atoms with E-state index in [1.165, 1.54) is 19.2 Å².